The van der Waals surface area contributed by atoms with E-state index in [2.05, 4.69) is 10.3 Å². The number of hydrogen-bond acceptors (Lipinski definition) is 4. The zero-order valence-electron chi connectivity index (χ0n) is 14.5. The number of ether oxygens (including phenoxy) is 1. The molecule has 6 nitrogen and oxygen atoms in total. The summed E-state index contributed by atoms with van der Waals surface area (Å²) in [6.45, 7) is 0. The van der Waals surface area contributed by atoms with Crippen molar-refractivity contribution in [3.05, 3.63) is 30.0 Å². The molecule has 2 N–H and O–H groups in total. The molecule has 0 radical (unpaired) electrons. The van der Waals surface area contributed by atoms with Gasteiger partial charge in [0, 0.05) is 29.4 Å². The van der Waals surface area contributed by atoms with Crippen LogP contribution in [0, 0.1) is 0 Å². The van der Waals surface area contributed by atoms with Gasteiger partial charge in [0.2, 0.25) is 5.91 Å². The summed E-state index contributed by atoms with van der Waals surface area (Å²) in [7, 11) is -1.36. The number of sulfone groups is 1. The molecular weight excluding hydrogens is 340 g/mol. The number of H-pyrrole nitrogens is 1. The number of carbonyl (C=O) groups is 1. The summed E-state index contributed by atoms with van der Waals surface area (Å²) in [6, 6.07) is 5.79. The third kappa shape index (κ3) is 3.98. The Morgan fingerprint density at radius 1 is 1.28 bits per heavy atom. The fraction of sp³-hybridized carbons (Fsp3) is 0.500. The van der Waals surface area contributed by atoms with Gasteiger partial charge in [-0.1, -0.05) is 6.07 Å². The van der Waals surface area contributed by atoms with Crippen molar-refractivity contribution in [2.75, 3.05) is 13.4 Å². The predicted octanol–water partition coefficient (Wildman–Crippen LogP) is 2.19. The van der Waals surface area contributed by atoms with Crippen LogP contribution in [0.2, 0.25) is 0 Å². The maximum Gasteiger partial charge on any atom is 0.224 e. The van der Waals surface area contributed by atoms with Gasteiger partial charge in [0.05, 0.1) is 18.8 Å². The summed E-state index contributed by atoms with van der Waals surface area (Å²) in [6.07, 6.45) is 6.05. The molecule has 25 heavy (non-hydrogen) atoms. The minimum Gasteiger partial charge on any atom is -0.496 e. The molecule has 1 aromatic carbocycles. The molecule has 0 saturated heterocycles. The summed E-state index contributed by atoms with van der Waals surface area (Å²) in [5, 5.41) is 3.71. The Morgan fingerprint density at radius 2 is 2.00 bits per heavy atom. The molecule has 1 aliphatic rings. The minimum atomic E-state index is -2.98. The molecule has 0 aliphatic heterocycles. The molecule has 3 rings (SSSR count). The second kappa shape index (κ2) is 7.07. The van der Waals surface area contributed by atoms with E-state index in [0.717, 1.165) is 22.2 Å². The molecule has 0 bridgehead atoms. The van der Waals surface area contributed by atoms with Crippen molar-refractivity contribution in [3.63, 3.8) is 0 Å². The number of methoxy groups -OCH3 is 1. The quantitative estimate of drug-likeness (QED) is 0.851. The van der Waals surface area contributed by atoms with Crippen LogP contribution < -0.4 is 10.1 Å². The first-order chi connectivity index (χ1) is 11.9. The highest BCUT2D eigenvalue weighted by Crippen LogP contribution is 2.29. The summed E-state index contributed by atoms with van der Waals surface area (Å²) >= 11 is 0. The van der Waals surface area contributed by atoms with Crippen molar-refractivity contribution in [3.8, 4) is 5.75 Å². The van der Waals surface area contributed by atoms with E-state index in [1.807, 2.05) is 24.4 Å². The summed E-state index contributed by atoms with van der Waals surface area (Å²) < 4.78 is 28.6. The normalized spacial score (nSPS) is 21.2. The minimum absolute atomic E-state index is 0.0467. The van der Waals surface area contributed by atoms with E-state index >= 15 is 0 Å². The van der Waals surface area contributed by atoms with Gasteiger partial charge in [0.25, 0.3) is 0 Å². The molecule has 1 fully saturated rings. The molecule has 136 valence electrons. The summed E-state index contributed by atoms with van der Waals surface area (Å²) in [5.74, 6) is 0.699. The number of fused-ring (bicyclic) bond motifs is 1. The van der Waals surface area contributed by atoms with Crippen LogP contribution in [0.15, 0.2) is 24.4 Å². The van der Waals surface area contributed by atoms with Gasteiger partial charge >= 0.3 is 0 Å². The standard InChI is InChI=1S/C18H24N2O4S/c1-24-16-5-3-4-15-18(16)12(11-19-15)10-17(21)20-13-6-8-14(9-7-13)25(2,22)23/h3-5,11,13-14,19H,6-10H2,1-2H3,(H,20,21). The molecule has 0 unspecified atom stereocenters. The zero-order chi connectivity index (χ0) is 18.0. The molecular formula is C18H24N2O4S. The van der Waals surface area contributed by atoms with Crippen LogP contribution in [-0.2, 0) is 21.1 Å². The van der Waals surface area contributed by atoms with Crippen LogP contribution in [0.1, 0.15) is 31.2 Å². The van der Waals surface area contributed by atoms with Gasteiger partial charge < -0.3 is 15.0 Å². The Morgan fingerprint density at radius 3 is 2.64 bits per heavy atom. The first-order valence-electron chi connectivity index (χ1n) is 8.49. The van der Waals surface area contributed by atoms with Crippen molar-refractivity contribution in [1.82, 2.24) is 10.3 Å². The van der Waals surface area contributed by atoms with Gasteiger partial charge in [-0.15, -0.1) is 0 Å². The molecule has 0 atom stereocenters. The van der Waals surface area contributed by atoms with E-state index < -0.39 is 9.84 Å². The number of aromatic amines is 1. The van der Waals surface area contributed by atoms with Crippen molar-refractivity contribution < 1.29 is 17.9 Å². The number of rotatable bonds is 5. The van der Waals surface area contributed by atoms with Crippen LogP contribution >= 0.6 is 0 Å². The van der Waals surface area contributed by atoms with E-state index in [-0.39, 0.29) is 23.6 Å². The monoisotopic (exact) mass is 364 g/mol. The van der Waals surface area contributed by atoms with Gasteiger partial charge in [0.15, 0.2) is 0 Å². The Balaban J connectivity index is 1.63. The lowest BCUT2D eigenvalue weighted by atomic mass is 9.94. The van der Waals surface area contributed by atoms with Gasteiger partial charge in [-0.2, -0.15) is 0 Å². The average molecular weight is 364 g/mol. The van der Waals surface area contributed by atoms with Crippen LogP contribution in [0.5, 0.6) is 5.75 Å². The maximum atomic E-state index is 12.4. The molecule has 0 spiro atoms. The smallest absolute Gasteiger partial charge is 0.224 e. The first kappa shape index (κ1) is 17.8. The Labute approximate surface area is 147 Å². The fourth-order valence-electron chi connectivity index (χ4n) is 3.62. The highest BCUT2D eigenvalue weighted by molar-refractivity contribution is 7.91. The molecule has 1 aromatic heterocycles. The molecule has 1 aliphatic carbocycles. The van der Waals surface area contributed by atoms with Gasteiger partial charge in [0.1, 0.15) is 15.6 Å². The molecule has 1 heterocycles. The Hall–Kier alpha value is -2.02. The molecule has 7 heteroatoms. The third-order valence-corrected chi connectivity index (χ3v) is 6.65. The predicted molar refractivity (Wildman–Crippen MR) is 97.6 cm³/mol. The SMILES string of the molecule is COc1cccc2[nH]cc(CC(=O)NC3CCC(S(C)(=O)=O)CC3)c12. The fourth-order valence-corrected chi connectivity index (χ4v) is 4.74. The van der Waals surface area contributed by atoms with Gasteiger partial charge in [-0.3, -0.25) is 4.79 Å². The number of nitrogens with one attached hydrogen (secondary N) is 2. The third-order valence-electron chi connectivity index (χ3n) is 4.96. The number of aromatic nitrogens is 1. The van der Waals surface area contributed by atoms with Crippen LogP contribution in [0.3, 0.4) is 0 Å². The number of amides is 1. The van der Waals surface area contributed by atoms with E-state index in [4.69, 9.17) is 4.74 Å². The van der Waals surface area contributed by atoms with E-state index in [1.165, 1.54) is 6.26 Å². The Kier molecular flexibility index (Phi) is 5.03. The maximum absolute atomic E-state index is 12.4. The van der Waals surface area contributed by atoms with E-state index in [0.29, 0.717) is 25.7 Å². The van der Waals surface area contributed by atoms with Gasteiger partial charge in [-0.25, -0.2) is 8.42 Å². The second-order valence-corrected chi connectivity index (χ2v) is 9.07. The highest BCUT2D eigenvalue weighted by Gasteiger charge is 2.28. The van der Waals surface area contributed by atoms with Crippen molar-refractivity contribution in [2.45, 2.75) is 43.4 Å². The highest BCUT2D eigenvalue weighted by atomic mass is 32.2. The van der Waals surface area contributed by atoms with Crippen LogP contribution in [-0.4, -0.2) is 44.0 Å². The van der Waals surface area contributed by atoms with Crippen LogP contribution in [0.4, 0.5) is 0 Å². The van der Waals surface area contributed by atoms with E-state index in [1.54, 1.807) is 7.11 Å². The summed E-state index contributed by atoms with van der Waals surface area (Å²) in [5.41, 5.74) is 1.84. The average Bonchev–Trinajstić information content (AvgIpc) is 2.97. The number of hydrogen-bond donors (Lipinski definition) is 2. The summed E-state index contributed by atoms with van der Waals surface area (Å²) in [4.78, 5) is 15.6. The topological polar surface area (TPSA) is 88.3 Å². The lowest BCUT2D eigenvalue weighted by Gasteiger charge is -2.28. The molecule has 1 saturated carbocycles. The van der Waals surface area contributed by atoms with E-state index in [9.17, 15) is 13.2 Å². The van der Waals surface area contributed by atoms with Crippen molar-refractivity contribution in [1.29, 1.82) is 0 Å². The van der Waals surface area contributed by atoms with Gasteiger partial charge in [-0.05, 0) is 43.4 Å². The molecule has 2 aromatic rings. The van der Waals surface area contributed by atoms with Crippen molar-refractivity contribution in [2.24, 2.45) is 0 Å². The second-order valence-electron chi connectivity index (χ2n) is 6.74. The zero-order valence-corrected chi connectivity index (χ0v) is 15.4. The van der Waals surface area contributed by atoms with Crippen LogP contribution in [0.25, 0.3) is 10.9 Å². The lowest BCUT2D eigenvalue weighted by molar-refractivity contribution is -0.121. The number of benzene rings is 1. The lowest BCUT2D eigenvalue weighted by Crippen LogP contribution is -2.40. The molecule has 1 amide bonds. The Bertz CT molecular complexity index is 864. The largest absolute Gasteiger partial charge is 0.496 e. The first-order valence-corrected chi connectivity index (χ1v) is 10.4. The van der Waals surface area contributed by atoms with Crippen molar-refractivity contribution >= 4 is 26.6 Å². The number of carbonyl (C=O) groups excluding carboxylic acids is 1.